The van der Waals surface area contributed by atoms with E-state index in [0.29, 0.717) is 6.04 Å². The van der Waals surface area contributed by atoms with Crippen molar-refractivity contribution in [3.63, 3.8) is 0 Å². The fraction of sp³-hybridized carbons (Fsp3) is 1.00. The Morgan fingerprint density at radius 3 is 2.38 bits per heavy atom. The molecule has 0 bridgehead atoms. The molecule has 2 nitrogen and oxygen atoms in total. The Kier molecular flexibility index (Phi) is 2.89. The highest BCUT2D eigenvalue weighted by Crippen LogP contribution is 2.29. The summed E-state index contributed by atoms with van der Waals surface area (Å²) in [6.45, 7) is 2.35. The number of hydrogen-bond donors (Lipinski definition) is 2. The fourth-order valence-electron chi connectivity index (χ4n) is 2.76. The van der Waals surface area contributed by atoms with Gasteiger partial charge in [-0.2, -0.15) is 0 Å². The van der Waals surface area contributed by atoms with Gasteiger partial charge in [0.1, 0.15) is 0 Å². The van der Waals surface area contributed by atoms with Crippen LogP contribution in [0.25, 0.3) is 0 Å². The second kappa shape index (κ2) is 3.97. The first-order valence-corrected chi connectivity index (χ1v) is 5.77. The van der Waals surface area contributed by atoms with Crippen molar-refractivity contribution in [1.29, 1.82) is 0 Å². The summed E-state index contributed by atoms with van der Waals surface area (Å²) in [4.78, 5) is 0. The van der Waals surface area contributed by atoms with Crippen LogP contribution in [-0.4, -0.2) is 18.1 Å². The molecule has 76 valence electrons. The summed E-state index contributed by atoms with van der Waals surface area (Å²) in [6, 6.07) is 1.93. The van der Waals surface area contributed by atoms with Crippen molar-refractivity contribution in [1.82, 2.24) is 5.32 Å². The summed E-state index contributed by atoms with van der Waals surface area (Å²) < 4.78 is 0. The van der Waals surface area contributed by atoms with Crippen LogP contribution in [0.3, 0.4) is 0 Å². The van der Waals surface area contributed by atoms with Gasteiger partial charge < -0.3 is 11.1 Å². The Balaban J connectivity index is 1.68. The van der Waals surface area contributed by atoms with E-state index in [2.05, 4.69) is 12.2 Å². The van der Waals surface area contributed by atoms with Crippen LogP contribution in [0.2, 0.25) is 0 Å². The van der Waals surface area contributed by atoms with Crippen LogP contribution < -0.4 is 11.1 Å². The van der Waals surface area contributed by atoms with Crippen molar-refractivity contribution in [2.45, 2.75) is 63.6 Å². The maximum atomic E-state index is 5.76. The Hall–Kier alpha value is -0.0800. The SMILES string of the molecule is CC(NC1CC(N)C1)C1CCCC1. The molecule has 0 saturated heterocycles. The van der Waals surface area contributed by atoms with Crippen LogP contribution in [0.5, 0.6) is 0 Å². The summed E-state index contributed by atoms with van der Waals surface area (Å²) in [7, 11) is 0. The molecule has 2 rings (SSSR count). The Labute approximate surface area is 81.3 Å². The lowest BCUT2D eigenvalue weighted by atomic mass is 9.86. The molecule has 13 heavy (non-hydrogen) atoms. The molecule has 0 heterocycles. The average molecular weight is 182 g/mol. The smallest absolute Gasteiger partial charge is 0.00991 e. The van der Waals surface area contributed by atoms with Crippen LogP contribution in [0.1, 0.15) is 45.4 Å². The van der Waals surface area contributed by atoms with Gasteiger partial charge in [0.25, 0.3) is 0 Å². The zero-order valence-corrected chi connectivity index (χ0v) is 8.63. The van der Waals surface area contributed by atoms with Gasteiger partial charge in [-0.3, -0.25) is 0 Å². The topological polar surface area (TPSA) is 38.0 Å². The molecule has 0 aromatic rings. The summed E-state index contributed by atoms with van der Waals surface area (Å²) >= 11 is 0. The highest BCUT2D eigenvalue weighted by atomic mass is 15.0. The summed E-state index contributed by atoms with van der Waals surface area (Å²) in [5.74, 6) is 0.942. The molecule has 0 radical (unpaired) electrons. The van der Waals surface area contributed by atoms with Crippen LogP contribution in [0.15, 0.2) is 0 Å². The lowest BCUT2D eigenvalue weighted by molar-refractivity contribution is 0.240. The first kappa shape index (κ1) is 9.47. The maximum absolute atomic E-state index is 5.76. The standard InChI is InChI=1S/C11H22N2/c1-8(9-4-2-3-5-9)13-11-6-10(12)7-11/h8-11,13H,2-7,12H2,1H3. The van der Waals surface area contributed by atoms with Crippen LogP contribution in [0.4, 0.5) is 0 Å². The fourth-order valence-corrected chi connectivity index (χ4v) is 2.76. The maximum Gasteiger partial charge on any atom is 0.00991 e. The summed E-state index contributed by atoms with van der Waals surface area (Å²) in [5, 5.41) is 3.71. The molecular formula is C11H22N2. The lowest BCUT2D eigenvalue weighted by Crippen LogP contribution is -2.52. The second-order valence-electron chi connectivity index (χ2n) is 4.93. The van der Waals surface area contributed by atoms with Crippen LogP contribution in [-0.2, 0) is 0 Å². The molecule has 1 atom stereocenters. The number of nitrogens with one attached hydrogen (secondary N) is 1. The third-order valence-corrected chi connectivity index (χ3v) is 3.78. The molecule has 2 aliphatic carbocycles. The molecule has 0 spiro atoms. The predicted octanol–water partition coefficient (Wildman–Crippen LogP) is 1.64. The summed E-state index contributed by atoms with van der Waals surface area (Å²) in [5.41, 5.74) is 5.76. The van der Waals surface area contributed by atoms with Crippen molar-refractivity contribution in [2.75, 3.05) is 0 Å². The van der Waals surface area contributed by atoms with Crippen molar-refractivity contribution in [3.05, 3.63) is 0 Å². The average Bonchev–Trinajstić information content (AvgIpc) is 2.53. The molecule has 2 heteroatoms. The largest absolute Gasteiger partial charge is 0.328 e. The molecule has 1 unspecified atom stereocenters. The minimum absolute atomic E-state index is 0.480. The second-order valence-corrected chi connectivity index (χ2v) is 4.93. The van der Waals surface area contributed by atoms with E-state index in [9.17, 15) is 0 Å². The van der Waals surface area contributed by atoms with Gasteiger partial charge in [-0.1, -0.05) is 12.8 Å². The molecule has 0 aromatic carbocycles. The third kappa shape index (κ3) is 2.23. The first-order chi connectivity index (χ1) is 6.25. The van der Waals surface area contributed by atoms with E-state index in [-0.39, 0.29) is 0 Å². The van der Waals surface area contributed by atoms with E-state index in [1.807, 2.05) is 0 Å². The minimum atomic E-state index is 0.480. The van der Waals surface area contributed by atoms with E-state index in [0.717, 1.165) is 18.0 Å². The van der Waals surface area contributed by atoms with E-state index in [1.165, 1.54) is 38.5 Å². The summed E-state index contributed by atoms with van der Waals surface area (Å²) in [6.07, 6.45) is 8.15. The molecule has 0 aliphatic heterocycles. The van der Waals surface area contributed by atoms with Crippen molar-refractivity contribution >= 4 is 0 Å². The van der Waals surface area contributed by atoms with Gasteiger partial charge in [-0.05, 0) is 38.5 Å². The van der Waals surface area contributed by atoms with Gasteiger partial charge in [-0.15, -0.1) is 0 Å². The van der Waals surface area contributed by atoms with Crippen molar-refractivity contribution < 1.29 is 0 Å². The third-order valence-electron chi connectivity index (χ3n) is 3.78. The van der Waals surface area contributed by atoms with Crippen molar-refractivity contribution in [3.8, 4) is 0 Å². The first-order valence-electron chi connectivity index (χ1n) is 5.77. The quantitative estimate of drug-likeness (QED) is 0.696. The zero-order chi connectivity index (χ0) is 9.26. The van der Waals surface area contributed by atoms with Gasteiger partial charge >= 0.3 is 0 Å². The number of hydrogen-bond acceptors (Lipinski definition) is 2. The Morgan fingerprint density at radius 1 is 1.23 bits per heavy atom. The normalized spacial score (nSPS) is 37.4. The van der Waals surface area contributed by atoms with E-state index in [1.54, 1.807) is 0 Å². The van der Waals surface area contributed by atoms with E-state index in [4.69, 9.17) is 5.73 Å². The van der Waals surface area contributed by atoms with Crippen LogP contribution in [0, 0.1) is 5.92 Å². The Morgan fingerprint density at radius 2 is 1.85 bits per heavy atom. The van der Waals surface area contributed by atoms with Gasteiger partial charge in [0.15, 0.2) is 0 Å². The van der Waals surface area contributed by atoms with Gasteiger partial charge in [0.05, 0.1) is 0 Å². The monoisotopic (exact) mass is 182 g/mol. The van der Waals surface area contributed by atoms with Crippen molar-refractivity contribution in [2.24, 2.45) is 11.7 Å². The zero-order valence-electron chi connectivity index (χ0n) is 8.63. The molecule has 0 amide bonds. The minimum Gasteiger partial charge on any atom is -0.328 e. The highest BCUT2D eigenvalue weighted by Gasteiger charge is 2.29. The molecule has 0 aromatic heterocycles. The van der Waals surface area contributed by atoms with E-state index >= 15 is 0 Å². The van der Waals surface area contributed by atoms with Gasteiger partial charge in [0.2, 0.25) is 0 Å². The van der Waals surface area contributed by atoms with Gasteiger partial charge in [0, 0.05) is 18.1 Å². The van der Waals surface area contributed by atoms with Gasteiger partial charge in [-0.25, -0.2) is 0 Å². The molecule has 3 N–H and O–H groups in total. The predicted molar refractivity (Wildman–Crippen MR) is 55.6 cm³/mol. The molecular weight excluding hydrogens is 160 g/mol. The van der Waals surface area contributed by atoms with E-state index < -0.39 is 0 Å². The highest BCUT2D eigenvalue weighted by molar-refractivity contribution is 4.90. The molecule has 2 saturated carbocycles. The molecule has 2 aliphatic rings. The lowest BCUT2D eigenvalue weighted by Gasteiger charge is -2.37. The molecule has 2 fully saturated rings. The number of rotatable bonds is 3. The Bertz CT molecular complexity index is 157. The number of nitrogens with two attached hydrogens (primary N) is 1. The van der Waals surface area contributed by atoms with Crippen LogP contribution >= 0.6 is 0 Å².